The molecule has 0 aliphatic carbocycles. The second-order valence-corrected chi connectivity index (χ2v) is 4.77. The fourth-order valence-electron chi connectivity index (χ4n) is 1.15. The van der Waals surface area contributed by atoms with Gasteiger partial charge in [-0.1, -0.05) is 6.92 Å². The number of rotatable bonds is 5. The molecule has 1 atom stereocenters. The molecule has 1 heterocycles. The van der Waals surface area contributed by atoms with Crippen molar-refractivity contribution in [3.05, 3.63) is 16.1 Å². The second-order valence-electron chi connectivity index (χ2n) is 3.57. The van der Waals surface area contributed by atoms with Crippen LogP contribution in [0, 0.1) is 0 Å². The van der Waals surface area contributed by atoms with Gasteiger partial charge in [-0.15, -0.1) is 11.3 Å². The van der Waals surface area contributed by atoms with Gasteiger partial charge in [0.1, 0.15) is 5.01 Å². The van der Waals surface area contributed by atoms with Crippen LogP contribution in [-0.4, -0.2) is 28.9 Å². The maximum absolute atomic E-state index is 11.0. The minimum Gasteiger partial charge on any atom is -0.368 e. The number of primary amides is 1. The Labute approximate surface area is 94.1 Å². The Bertz CT molecular complexity index is 337. The molecule has 0 spiro atoms. The molecule has 0 aliphatic rings. The third kappa shape index (κ3) is 3.28. The molecule has 1 rings (SSSR count). The van der Waals surface area contributed by atoms with Crippen LogP contribution < -0.4 is 5.73 Å². The monoisotopic (exact) mass is 227 g/mol. The average Bonchev–Trinajstić information content (AvgIpc) is 2.64. The topological polar surface area (TPSA) is 59.2 Å². The Kier molecular flexibility index (Phi) is 4.23. The second kappa shape index (κ2) is 5.23. The summed E-state index contributed by atoms with van der Waals surface area (Å²) < 4.78 is 0. The lowest BCUT2D eigenvalue weighted by molar-refractivity contribution is -0.122. The molecule has 5 heteroatoms. The van der Waals surface area contributed by atoms with Crippen LogP contribution in [0.3, 0.4) is 0 Å². The molecule has 15 heavy (non-hydrogen) atoms. The fraction of sp³-hybridized carbons (Fsp3) is 0.600. The van der Waals surface area contributed by atoms with Crippen molar-refractivity contribution in [2.75, 3.05) is 7.05 Å². The molecular formula is C10H17N3OS. The summed E-state index contributed by atoms with van der Waals surface area (Å²) in [7, 11) is 1.88. The summed E-state index contributed by atoms with van der Waals surface area (Å²) in [6, 6.07) is -0.251. The quantitative estimate of drug-likeness (QED) is 0.816. The highest BCUT2D eigenvalue weighted by molar-refractivity contribution is 7.11. The summed E-state index contributed by atoms with van der Waals surface area (Å²) in [6.07, 6.45) is 2.90. The molecule has 0 bridgehead atoms. The number of nitrogens with zero attached hydrogens (tertiary/aromatic N) is 2. The molecule has 0 fully saturated rings. The molecular weight excluding hydrogens is 210 g/mol. The summed E-state index contributed by atoms with van der Waals surface area (Å²) >= 11 is 1.69. The predicted molar refractivity (Wildman–Crippen MR) is 61.6 cm³/mol. The molecule has 0 aromatic carbocycles. The number of thiazole rings is 1. The summed E-state index contributed by atoms with van der Waals surface area (Å²) in [5.74, 6) is -0.301. The van der Waals surface area contributed by atoms with E-state index in [1.54, 1.807) is 18.3 Å². The van der Waals surface area contributed by atoms with E-state index >= 15 is 0 Å². The van der Waals surface area contributed by atoms with Crippen molar-refractivity contribution >= 4 is 17.2 Å². The first-order valence-electron chi connectivity index (χ1n) is 4.97. The van der Waals surface area contributed by atoms with E-state index in [0.29, 0.717) is 6.54 Å². The summed E-state index contributed by atoms with van der Waals surface area (Å²) in [5, 5.41) is 1.03. The number of aromatic nitrogens is 1. The number of carbonyl (C=O) groups is 1. The van der Waals surface area contributed by atoms with Crippen molar-refractivity contribution in [3.8, 4) is 0 Å². The van der Waals surface area contributed by atoms with Crippen LogP contribution in [0.15, 0.2) is 6.20 Å². The van der Waals surface area contributed by atoms with Gasteiger partial charge in [0.05, 0.1) is 12.6 Å². The van der Waals surface area contributed by atoms with Gasteiger partial charge in [-0.05, 0) is 20.4 Å². The number of amides is 1. The lowest BCUT2D eigenvalue weighted by atomic mass is 10.3. The van der Waals surface area contributed by atoms with E-state index in [1.165, 1.54) is 4.88 Å². The van der Waals surface area contributed by atoms with Gasteiger partial charge in [-0.25, -0.2) is 4.98 Å². The zero-order valence-corrected chi connectivity index (χ0v) is 10.2. The van der Waals surface area contributed by atoms with Crippen LogP contribution in [0.25, 0.3) is 0 Å². The Balaban J connectivity index is 2.57. The molecule has 1 amide bonds. The summed E-state index contributed by atoms with van der Waals surface area (Å²) in [4.78, 5) is 18.4. The first-order chi connectivity index (χ1) is 7.04. The van der Waals surface area contributed by atoms with E-state index in [2.05, 4.69) is 11.9 Å². The number of nitrogens with two attached hydrogens (primary N) is 1. The largest absolute Gasteiger partial charge is 0.368 e. The highest BCUT2D eigenvalue weighted by Crippen LogP contribution is 2.15. The number of aryl methyl sites for hydroxylation is 1. The first kappa shape index (κ1) is 12.1. The van der Waals surface area contributed by atoms with Crippen molar-refractivity contribution in [2.24, 2.45) is 5.73 Å². The van der Waals surface area contributed by atoms with Gasteiger partial charge in [0, 0.05) is 11.1 Å². The van der Waals surface area contributed by atoms with Gasteiger partial charge < -0.3 is 5.73 Å². The van der Waals surface area contributed by atoms with Gasteiger partial charge in [0.2, 0.25) is 5.91 Å². The SMILES string of the molecule is CCc1cnc(CN(C)[C@@H](C)C(N)=O)s1. The molecule has 4 nitrogen and oxygen atoms in total. The van der Waals surface area contributed by atoms with Crippen molar-refractivity contribution in [2.45, 2.75) is 32.9 Å². The van der Waals surface area contributed by atoms with Gasteiger partial charge in [0.25, 0.3) is 0 Å². The normalized spacial score (nSPS) is 13.1. The van der Waals surface area contributed by atoms with Crippen LogP contribution in [-0.2, 0) is 17.8 Å². The van der Waals surface area contributed by atoms with Crippen LogP contribution in [0.2, 0.25) is 0 Å². The molecule has 0 saturated heterocycles. The van der Waals surface area contributed by atoms with Crippen LogP contribution in [0.1, 0.15) is 23.7 Å². The molecule has 0 aliphatic heterocycles. The maximum atomic E-state index is 11.0. The van der Waals surface area contributed by atoms with Crippen molar-refractivity contribution in [1.29, 1.82) is 0 Å². The predicted octanol–water partition coefficient (Wildman–Crippen LogP) is 1.01. The Morgan fingerprint density at radius 1 is 1.73 bits per heavy atom. The lowest BCUT2D eigenvalue weighted by Crippen LogP contribution is -2.39. The molecule has 0 saturated carbocycles. The highest BCUT2D eigenvalue weighted by atomic mass is 32.1. The minimum atomic E-state index is -0.301. The number of carbonyl (C=O) groups excluding carboxylic acids is 1. The van der Waals surface area contributed by atoms with Crippen LogP contribution in [0.5, 0.6) is 0 Å². The van der Waals surface area contributed by atoms with Crippen LogP contribution >= 0.6 is 11.3 Å². The summed E-state index contributed by atoms with van der Waals surface area (Å²) in [5.41, 5.74) is 5.22. The smallest absolute Gasteiger partial charge is 0.234 e. The molecule has 0 radical (unpaired) electrons. The number of likely N-dealkylation sites (N-methyl/N-ethyl adjacent to an activating group) is 1. The number of hydrogen-bond acceptors (Lipinski definition) is 4. The zero-order valence-electron chi connectivity index (χ0n) is 9.36. The van der Waals surface area contributed by atoms with E-state index < -0.39 is 0 Å². The number of hydrogen-bond donors (Lipinski definition) is 1. The fourth-order valence-corrected chi connectivity index (χ4v) is 2.08. The van der Waals surface area contributed by atoms with Gasteiger partial charge in [-0.3, -0.25) is 9.69 Å². The highest BCUT2D eigenvalue weighted by Gasteiger charge is 2.15. The maximum Gasteiger partial charge on any atom is 0.234 e. The molecule has 0 unspecified atom stereocenters. The molecule has 1 aromatic rings. The summed E-state index contributed by atoms with van der Waals surface area (Å²) in [6.45, 7) is 4.58. The van der Waals surface area contributed by atoms with Gasteiger partial charge >= 0.3 is 0 Å². The Morgan fingerprint density at radius 3 is 2.87 bits per heavy atom. The Hall–Kier alpha value is -0.940. The average molecular weight is 227 g/mol. The molecule has 1 aromatic heterocycles. The molecule has 84 valence electrons. The zero-order chi connectivity index (χ0) is 11.4. The van der Waals surface area contributed by atoms with Crippen LogP contribution in [0.4, 0.5) is 0 Å². The van der Waals surface area contributed by atoms with Crippen molar-refractivity contribution in [1.82, 2.24) is 9.88 Å². The first-order valence-corrected chi connectivity index (χ1v) is 5.79. The van der Waals surface area contributed by atoms with E-state index in [0.717, 1.165) is 11.4 Å². The van der Waals surface area contributed by atoms with Gasteiger partial charge in [-0.2, -0.15) is 0 Å². The van der Waals surface area contributed by atoms with E-state index in [-0.39, 0.29) is 11.9 Å². The third-order valence-electron chi connectivity index (χ3n) is 2.41. The minimum absolute atomic E-state index is 0.251. The molecule has 2 N–H and O–H groups in total. The van der Waals surface area contributed by atoms with E-state index in [1.807, 2.05) is 18.1 Å². The Morgan fingerprint density at radius 2 is 2.40 bits per heavy atom. The third-order valence-corrected chi connectivity index (χ3v) is 3.53. The standard InChI is InChI=1S/C10H17N3OS/c1-4-8-5-12-9(15-8)6-13(3)7(2)10(11)14/h5,7H,4,6H2,1-3H3,(H2,11,14)/t7-/m0/s1. The van der Waals surface area contributed by atoms with E-state index in [9.17, 15) is 4.79 Å². The lowest BCUT2D eigenvalue weighted by Gasteiger charge is -2.20. The van der Waals surface area contributed by atoms with Crippen molar-refractivity contribution < 1.29 is 4.79 Å². The van der Waals surface area contributed by atoms with E-state index in [4.69, 9.17) is 5.73 Å². The van der Waals surface area contributed by atoms with Crippen molar-refractivity contribution in [3.63, 3.8) is 0 Å². The van der Waals surface area contributed by atoms with Gasteiger partial charge in [0.15, 0.2) is 0 Å².